The summed E-state index contributed by atoms with van der Waals surface area (Å²) in [7, 11) is 1.85. The fraction of sp³-hybridized carbons (Fsp3) is 0.333. The van der Waals surface area contributed by atoms with Crippen LogP contribution in [0.25, 0.3) is 5.82 Å². The van der Waals surface area contributed by atoms with Crippen molar-refractivity contribution in [3.63, 3.8) is 0 Å². The third kappa shape index (κ3) is 3.18. The number of piperazine rings is 1. The van der Waals surface area contributed by atoms with Gasteiger partial charge in [-0.15, -0.1) is 10.2 Å². The van der Waals surface area contributed by atoms with Gasteiger partial charge in [-0.2, -0.15) is 5.10 Å². The van der Waals surface area contributed by atoms with Crippen LogP contribution in [0.4, 0.5) is 17.5 Å². The zero-order valence-corrected chi connectivity index (χ0v) is 13.8. The Morgan fingerprint density at radius 3 is 2.24 bits per heavy atom. The molecule has 1 aliphatic rings. The van der Waals surface area contributed by atoms with Crippen LogP contribution in [0.2, 0.25) is 0 Å². The molecule has 3 aromatic heterocycles. The van der Waals surface area contributed by atoms with Gasteiger partial charge in [0.25, 0.3) is 0 Å². The highest BCUT2D eigenvalue weighted by Crippen LogP contribution is 2.18. The van der Waals surface area contributed by atoms with Gasteiger partial charge in [-0.3, -0.25) is 0 Å². The number of nitrogens with one attached hydrogen (secondary N) is 1. The molecule has 0 unspecified atom stereocenters. The van der Waals surface area contributed by atoms with Crippen LogP contribution >= 0.6 is 0 Å². The molecule has 0 atom stereocenters. The normalized spacial score (nSPS) is 14.6. The molecule has 25 heavy (non-hydrogen) atoms. The molecule has 0 spiro atoms. The van der Waals surface area contributed by atoms with Crippen molar-refractivity contribution in [1.29, 1.82) is 0 Å². The van der Waals surface area contributed by atoms with Crippen molar-refractivity contribution in [2.75, 3.05) is 48.3 Å². The van der Waals surface area contributed by atoms with E-state index in [0.29, 0.717) is 5.82 Å². The topological polar surface area (TPSA) is 101 Å². The van der Waals surface area contributed by atoms with E-state index in [1.165, 1.54) is 6.33 Å². The van der Waals surface area contributed by atoms with Gasteiger partial charge < -0.3 is 15.1 Å². The molecule has 10 nitrogen and oxygen atoms in total. The number of hydrogen-bond acceptors (Lipinski definition) is 9. The Kier molecular flexibility index (Phi) is 4.07. The highest BCUT2D eigenvalue weighted by Gasteiger charge is 2.20. The van der Waals surface area contributed by atoms with E-state index >= 15 is 0 Å². The lowest BCUT2D eigenvalue weighted by molar-refractivity contribution is 0.636. The SMILES string of the molecule is CNc1cc(N2CCN(c3ccc(-n4cncn4)nn3)CC2)ncn1. The van der Waals surface area contributed by atoms with E-state index < -0.39 is 0 Å². The summed E-state index contributed by atoms with van der Waals surface area (Å²) in [6, 6.07) is 5.82. The zero-order chi connectivity index (χ0) is 17.1. The first-order chi connectivity index (χ1) is 12.3. The first-order valence-corrected chi connectivity index (χ1v) is 8.02. The van der Waals surface area contributed by atoms with Crippen LogP contribution in [0.3, 0.4) is 0 Å². The monoisotopic (exact) mass is 338 g/mol. The van der Waals surface area contributed by atoms with E-state index in [0.717, 1.165) is 43.6 Å². The summed E-state index contributed by atoms with van der Waals surface area (Å²) in [5, 5.41) is 15.6. The van der Waals surface area contributed by atoms with Crippen LogP contribution in [0.5, 0.6) is 0 Å². The first kappa shape index (κ1) is 15.2. The molecule has 128 valence electrons. The molecule has 1 aliphatic heterocycles. The largest absolute Gasteiger partial charge is 0.373 e. The molecular formula is C15H18N10. The smallest absolute Gasteiger partial charge is 0.177 e. The first-order valence-electron chi connectivity index (χ1n) is 8.02. The van der Waals surface area contributed by atoms with Gasteiger partial charge in [0.2, 0.25) is 0 Å². The van der Waals surface area contributed by atoms with Crippen LogP contribution in [-0.4, -0.2) is 68.2 Å². The summed E-state index contributed by atoms with van der Waals surface area (Å²) in [6.07, 6.45) is 4.66. The Morgan fingerprint density at radius 1 is 0.880 bits per heavy atom. The van der Waals surface area contributed by atoms with Gasteiger partial charge in [0, 0.05) is 39.3 Å². The third-order valence-electron chi connectivity index (χ3n) is 4.13. The van der Waals surface area contributed by atoms with Crippen molar-refractivity contribution in [2.24, 2.45) is 0 Å². The summed E-state index contributed by atoms with van der Waals surface area (Å²) in [5.41, 5.74) is 0. The van der Waals surface area contributed by atoms with E-state index in [9.17, 15) is 0 Å². The standard InChI is InChI=1S/C15H18N10/c1-16-12-8-15(19-10-18-12)24-6-4-23(5-7-24)13-2-3-14(22-21-13)25-11-17-9-20-25/h2-3,8-11H,4-7H2,1H3,(H,16,18,19). The van der Waals surface area contributed by atoms with Gasteiger partial charge in [-0.1, -0.05) is 0 Å². The zero-order valence-electron chi connectivity index (χ0n) is 13.8. The summed E-state index contributed by atoms with van der Waals surface area (Å²) >= 11 is 0. The van der Waals surface area contributed by atoms with Crippen molar-refractivity contribution in [1.82, 2.24) is 34.9 Å². The van der Waals surface area contributed by atoms with E-state index in [2.05, 4.69) is 45.4 Å². The van der Waals surface area contributed by atoms with E-state index in [-0.39, 0.29) is 0 Å². The molecule has 1 saturated heterocycles. The molecule has 4 heterocycles. The molecule has 0 aliphatic carbocycles. The Labute approximate surface area is 144 Å². The molecule has 0 aromatic carbocycles. The Balaban J connectivity index is 1.41. The summed E-state index contributed by atoms with van der Waals surface area (Å²) < 4.78 is 1.59. The number of anilines is 3. The van der Waals surface area contributed by atoms with Gasteiger partial charge in [-0.25, -0.2) is 19.6 Å². The van der Waals surface area contributed by atoms with Gasteiger partial charge in [0.1, 0.15) is 30.6 Å². The molecular weight excluding hydrogens is 320 g/mol. The molecule has 0 bridgehead atoms. The molecule has 1 fully saturated rings. The van der Waals surface area contributed by atoms with E-state index in [1.807, 2.05) is 25.2 Å². The van der Waals surface area contributed by atoms with Crippen LogP contribution in [0.1, 0.15) is 0 Å². The Morgan fingerprint density at radius 2 is 1.60 bits per heavy atom. The predicted octanol–water partition coefficient (Wildman–Crippen LogP) is 0.216. The minimum absolute atomic E-state index is 0.653. The molecule has 1 N–H and O–H groups in total. The molecule has 10 heteroatoms. The summed E-state index contributed by atoms with van der Waals surface area (Å²) in [4.78, 5) is 16.9. The lowest BCUT2D eigenvalue weighted by Crippen LogP contribution is -2.47. The van der Waals surface area contributed by atoms with Crippen LogP contribution in [0.15, 0.2) is 37.2 Å². The Bertz CT molecular complexity index is 809. The fourth-order valence-electron chi connectivity index (χ4n) is 2.76. The van der Waals surface area contributed by atoms with Crippen molar-refractivity contribution in [2.45, 2.75) is 0 Å². The number of aromatic nitrogens is 7. The van der Waals surface area contributed by atoms with Crippen molar-refractivity contribution < 1.29 is 0 Å². The molecule has 3 aromatic rings. The average molecular weight is 338 g/mol. The van der Waals surface area contributed by atoms with Gasteiger partial charge in [-0.05, 0) is 12.1 Å². The maximum atomic E-state index is 4.36. The number of nitrogens with zero attached hydrogens (tertiary/aromatic N) is 9. The van der Waals surface area contributed by atoms with Gasteiger partial charge in [0.15, 0.2) is 11.6 Å². The van der Waals surface area contributed by atoms with Crippen molar-refractivity contribution >= 4 is 17.5 Å². The highest BCUT2D eigenvalue weighted by atomic mass is 15.4. The lowest BCUT2D eigenvalue weighted by atomic mass is 10.3. The van der Waals surface area contributed by atoms with Crippen LogP contribution in [-0.2, 0) is 0 Å². The van der Waals surface area contributed by atoms with Gasteiger partial charge >= 0.3 is 0 Å². The minimum atomic E-state index is 0.653. The average Bonchev–Trinajstić information content (AvgIpc) is 3.23. The predicted molar refractivity (Wildman–Crippen MR) is 93.0 cm³/mol. The van der Waals surface area contributed by atoms with Gasteiger partial charge in [0.05, 0.1) is 0 Å². The maximum absolute atomic E-state index is 4.36. The third-order valence-corrected chi connectivity index (χ3v) is 4.13. The number of hydrogen-bond donors (Lipinski definition) is 1. The lowest BCUT2D eigenvalue weighted by Gasteiger charge is -2.35. The molecule has 0 radical (unpaired) electrons. The van der Waals surface area contributed by atoms with Crippen molar-refractivity contribution in [3.05, 3.63) is 37.2 Å². The number of rotatable bonds is 4. The second-order valence-electron chi connectivity index (χ2n) is 5.58. The van der Waals surface area contributed by atoms with E-state index in [4.69, 9.17) is 0 Å². The quantitative estimate of drug-likeness (QED) is 0.715. The molecule has 0 saturated carbocycles. The second-order valence-corrected chi connectivity index (χ2v) is 5.58. The highest BCUT2D eigenvalue weighted by molar-refractivity contribution is 5.50. The van der Waals surface area contributed by atoms with Crippen molar-refractivity contribution in [3.8, 4) is 5.82 Å². The fourth-order valence-corrected chi connectivity index (χ4v) is 2.76. The summed E-state index contributed by atoms with van der Waals surface area (Å²) in [6.45, 7) is 3.45. The second kappa shape index (κ2) is 6.67. The van der Waals surface area contributed by atoms with Crippen LogP contribution < -0.4 is 15.1 Å². The molecule has 4 rings (SSSR count). The Hall–Kier alpha value is -3.30. The minimum Gasteiger partial charge on any atom is -0.373 e. The summed E-state index contributed by atoms with van der Waals surface area (Å²) in [5.74, 6) is 3.27. The van der Waals surface area contributed by atoms with Crippen LogP contribution in [0, 0.1) is 0 Å². The maximum Gasteiger partial charge on any atom is 0.177 e. The molecule has 0 amide bonds. The van der Waals surface area contributed by atoms with E-state index in [1.54, 1.807) is 17.3 Å².